The minimum absolute atomic E-state index is 0.221. The molecule has 2 atom stereocenters. The van der Waals surface area contributed by atoms with Crippen LogP contribution in [0.3, 0.4) is 0 Å². The molecule has 144 valence electrons. The average Bonchev–Trinajstić information content (AvgIpc) is 3.22. The second-order valence-corrected chi connectivity index (χ2v) is 7.13. The SMILES string of the molecule is O=C(NC[C@@H]1CCN(c2ccccc2)C1)N[C@H]1CCN(CC(F)(F)F)C1. The molecule has 0 aliphatic carbocycles. The minimum Gasteiger partial charge on any atom is -0.371 e. The third-order valence-electron chi connectivity index (χ3n) is 4.97. The molecule has 2 aliphatic rings. The van der Waals surface area contributed by atoms with Crippen molar-refractivity contribution in [2.45, 2.75) is 25.1 Å². The number of urea groups is 1. The van der Waals surface area contributed by atoms with E-state index in [1.807, 2.05) is 18.2 Å². The molecule has 0 bridgehead atoms. The van der Waals surface area contributed by atoms with Gasteiger partial charge in [0.15, 0.2) is 0 Å². The van der Waals surface area contributed by atoms with Crippen molar-refractivity contribution < 1.29 is 18.0 Å². The first-order chi connectivity index (χ1) is 12.4. The number of benzene rings is 1. The largest absolute Gasteiger partial charge is 0.401 e. The maximum absolute atomic E-state index is 12.4. The molecule has 3 rings (SSSR count). The zero-order valence-electron chi connectivity index (χ0n) is 14.6. The molecule has 0 unspecified atom stereocenters. The lowest BCUT2D eigenvalue weighted by molar-refractivity contribution is -0.143. The highest BCUT2D eigenvalue weighted by Crippen LogP contribution is 2.23. The van der Waals surface area contributed by atoms with Crippen molar-refractivity contribution in [1.29, 1.82) is 0 Å². The van der Waals surface area contributed by atoms with Crippen molar-refractivity contribution in [3.8, 4) is 0 Å². The third kappa shape index (κ3) is 5.52. The highest BCUT2D eigenvalue weighted by molar-refractivity contribution is 5.74. The number of rotatable bonds is 5. The van der Waals surface area contributed by atoms with Gasteiger partial charge in [0.05, 0.1) is 6.54 Å². The molecular formula is C18H25F3N4O. The van der Waals surface area contributed by atoms with E-state index in [4.69, 9.17) is 0 Å². The molecule has 0 radical (unpaired) electrons. The molecule has 2 fully saturated rings. The van der Waals surface area contributed by atoms with Crippen LogP contribution in [0.15, 0.2) is 30.3 Å². The van der Waals surface area contributed by atoms with Crippen LogP contribution in [0.5, 0.6) is 0 Å². The number of hydrogen-bond donors (Lipinski definition) is 2. The van der Waals surface area contributed by atoms with Crippen molar-refractivity contribution in [2.24, 2.45) is 5.92 Å². The van der Waals surface area contributed by atoms with Crippen LogP contribution < -0.4 is 15.5 Å². The number of alkyl halides is 3. The molecule has 1 aromatic carbocycles. The summed E-state index contributed by atoms with van der Waals surface area (Å²) in [4.78, 5) is 15.7. The summed E-state index contributed by atoms with van der Waals surface area (Å²) in [5.41, 5.74) is 1.19. The summed E-state index contributed by atoms with van der Waals surface area (Å²) in [5, 5.41) is 5.66. The number of carbonyl (C=O) groups is 1. The lowest BCUT2D eigenvalue weighted by Crippen LogP contribution is -2.45. The molecule has 0 aromatic heterocycles. The van der Waals surface area contributed by atoms with Crippen LogP contribution in [0.1, 0.15) is 12.8 Å². The molecule has 2 saturated heterocycles. The topological polar surface area (TPSA) is 47.6 Å². The Labute approximate surface area is 151 Å². The summed E-state index contributed by atoms with van der Waals surface area (Å²) >= 11 is 0. The standard InChI is InChI=1S/C18H25F3N4O/c19-18(20,21)13-24-8-7-15(12-24)23-17(26)22-10-14-6-9-25(11-14)16-4-2-1-3-5-16/h1-5,14-15H,6-13H2,(H2,22,23,26)/t14-,15-/m0/s1. The van der Waals surface area contributed by atoms with E-state index in [-0.39, 0.29) is 18.6 Å². The molecule has 2 amide bonds. The predicted octanol–water partition coefficient (Wildman–Crippen LogP) is 2.45. The van der Waals surface area contributed by atoms with E-state index >= 15 is 0 Å². The monoisotopic (exact) mass is 370 g/mol. The van der Waals surface area contributed by atoms with Crippen LogP contribution in [0.25, 0.3) is 0 Å². The molecule has 8 heteroatoms. The number of nitrogens with zero attached hydrogens (tertiary/aromatic N) is 2. The van der Waals surface area contributed by atoms with E-state index in [1.54, 1.807) is 0 Å². The minimum atomic E-state index is -4.19. The zero-order chi connectivity index (χ0) is 18.6. The lowest BCUT2D eigenvalue weighted by atomic mass is 10.1. The van der Waals surface area contributed by atoms with Crippen LogP contribution in [-0.2, 0) is 0 Å². The Kier molecular flexibility index (Phi) is 5.90. The fourth-order valence-electron chi connectivity index (χ4n) is 3.69. The smallest absolute Gasteiger partial charge is 0.371 e. The molecular weight excluding hydrogens is 345 g/mol. The van der Waals surface area contributed by atoms with Crippen LogP contribution in [0.2, 0.25) is 0 Å². The zero-order valence-corrected chi connectivity index (χ0v) is 14.6. The van der Waals surface area contributed by atoms with Gasteiger partial charge in [-0.25, -0.2) is 4.79 Å². The van der Waals surface area contributed by atoms with Crippen LogP contribution in [0, 0.1) is 5.92 Å². The van der Waals surface area contributed by atoms with Crippen LogP contribution in [0.4, 0.5) is 23.7 Å². The van der Waals surface area contributed by atoms with E-state index in [0.29, 0.717) is 25.4 Å². The number of amides is 2. The summed E-state index contributed by atoms with van der Waals surface area (Å²) in [7, 11) is 0. The van der Waals surface area contributed by atoms with Crippen molar-refractivity contribution in [3.63, 3.8) is 0 Å². The molecule has 0 saturated carbocycles. The highest BCUT2D eigenvalue weighted by atomic mass is 19.4. The molecule has 0 spiro atoms. The van der Waals surface area contributed by atoms with Crippen LogP contribution >= 0.6 is 0 Å². The van der Waals surface area contributed by atoms with Gasteiger partial charge in [-0.05, 0) is 30.9 Å². The molecule has 2 heterocycles. The van der Waals surface area contributed by atoms with Gasteiger partial charge in [0.1, 0.15) is 0 Å². The van der Waals surface area contributed by atoms with Crippen molar-refractivity contribution >= 4 is 11.7 Å². The summed E-state index contributed by atoms with van der Waals surface area (Å²) < 4.78 is 37.2. The Morgan fingerprint density at radius 3 is 2.62 bits per heavy atom. The van der Waals surface area contributed by atoms with E-state index in [0.717, 1.165) is 19.5 Å². The molecule has 26 heavy (non-hydrogen) atoms. The number of nitrogens with one attached hydrogen (secondary N) is 2. The highest BCUT2D eigenvalue weighted by Gasteiger charge is 2.34. The van der Waals surface area contributed by atoms with Crippen LogP contribution in [-0.4, -0.2) is 62.4 Å². The second-order valence-electron chi connectivity index (χ2n) is 7.13. The Morgan fingerprint density at radius 2 is 1.88 bits per heavy atom. The van der Waals surface area contributed by atoms with Gasteiger partial charge < -0.3 is 15.5 Å². The predicted molar refractivity (Wildman–Crippen MR) is 94.2 cm³/mol. The molecule has 1 aromatic rings. The Bertz CT molecular complexity index is 596. The fourth-order valence-corrected chi connectivity index (χ4v) is 3.69. The fraction of sp³-hybridized carbons (Fsp3) is 0.611. The first-order valence-corrected chi connectivity index (χ1v) is 9.02. The first-order valence-electron chi connectivity index (χ1n) is 9.02. The molecule has 2 N–H and O–H groups in total. The summed E-state index contributed by atoms with van der Waals surface area (Å²) in [6, 6.07) is 9.66. The van der Waals surface area contributed by atoms with Crippen molar-refractivity contribution in [2.75, 3.05) is 44.2 Å². The molecule has 5 nitrogen and oxygen atoms in total. The summed E-state index contributed by atoms with van der Waals surface area (Å²) in [6.07, 6.45) is -2.63. The summed E-state index contributed by atoms with van der Waals surface area (Å²) in [6.45, 7) is 2.13. The maximum Gasteiger partial charge on any atom is 0.401 e. The van der Waals surface area contributed by atoms with Gasteiger partial charge >= 0.3 is 12.2 Å². The number of likely N-dealkylation sites (tertiary alicyclic amines) is 1. The first kappa shape index (κ1) is 18.8. The van der Waals surface area contributed by atoms with E-state index in [1.165, 1.54) is 10.6 Å². The summed E-state index contributed by atoms with van der Waals surface area (Å²) in [5.74, 6) is 0.381. The Morgan fingerprint density at radius 1 is 1.12 bits per heavy atom. The van der Waals surface area contributed by atoms with Gasteiger partial charge in [-0.2, -0.15) is 13.2 Å². The average molecular weight is 370 g/mol. The van der Waals surface area contributed by atoms with Gasteiger partial charge in [-0.15, -0.1) is 0 Å². The van der Waals surface area contributed by atoms with Gasteiger partial charge in [0.25, 0.3) is 0 Å². The Balaban J connectivity index is 1.35. The number of halogens is 3. The van der Waals surface area contributed by atoms with E-state index in [9.17, 15) is 18.0 Å². The van der Waals surface area contributed by atoms with Gasteiger partial charge in [0, 0.05) is 44.5 Å². The number of anilines is 1. The maximum atomic E-state index is 12.4. The van der Waals surface area contributed by atoms with Crippen molar-refractivity contribution in [3.05, 3.63) is 30.3 Å². The van der Waals surface area contributed by atoms with E-state index < -0.39 is 12.7 Å². The lowest BCUT2D eigenvalue weighted by Gasteiger charge is -2.20. The number of para-hydroxylation sites is 1. The Hall–Kier alpha value is -1.96. The van der Waals surface area contributed by atoms with Gasteiger partial charge in [0.2, 0.25) is 0 Å². The molecule has 2 aliphatic heterocycles. The second kappa shape index (κ2) is 8.16. The van der Waals surface area contributed by atoms with Gasteiger partial charge in [-0.1, -0.05) is 18.2 Å². The van der Waals surface area contributed by atoms with Crippen molar-refractivity contribution in [1.82, 2.24) is 15.5 Å². The van der Waals surface area contributed by atoms with Gasteiger partial charge in [-0.3, -0.25) is 4.90 Å². The van der Waals surface area contributed by atoms with E-state index in [2.05, 4.69) is 27.7 Å². The number of hydrogen-bond acceptors (Lipinski definition) is 3. The normalized spacial score (nSPS) is 24.0. The third-order valence-corrected chi connectivity index (χ3v) is 4.97. The number of carbonyl (C=O) groups excluding carboxylic acids is 1. The quantitative estimate of drug-likeness (QED) is 0.837.